The molecule has 2 unspecified atom stereocenters. The van der Waals surface area contributed by atoms with Gasteiger partial charge in [-0.05, 0) is 26.2 Å². The van der Waals surface area contributed by atoms with Crippen molar-refractivity contribution in [2.75, 3.05) is 0 Å². The highest BCUT2D eigenvalue weighted by molar-refractivity contribution is 6.20. The molecule has 0 fully saturated rings. The van der Waals surface area contributed by atoms with Crippen LogP contribution in [0.2, 0.25) is 0 Å². The van der Waals surface area contributed by atoms with Crippen LogP contribution < -0.4 is 0 Å². The Morgan fingerprint density at radius 2 is 2.31 bits per heavy atom. The Balaban J connectivity index is 4.16. The minimum absolute atomic E-state index is 0.0352. The average molecular weight is 204 g/mol. The minimum atomic E-state index is -1.29. The monoisotopic (exact) mass is 203 g/mol. The van der Waals surface area contributed by atoms with Crippen LogP contribution in [0.4, 0.5) is 0 Å². The number of carboxylic acids is 1. The number of hydrogen-bond acceptors (Lipinski definition) is 2. The molecule has 0 rings (SSSR count). The van der Waals surface area contributed by atoms with E-state index in [-0.39, 0.29) is 5.38 Å². The molecule has 0 spiro atoms. The highest BCUT2D eigenvalue weighted by Crippen LogP contribution is 2.25. The molecule has 3 nitrogen and oxygen atoms in total. The van der Waals surface area contributed by atoms with Crippen LogP contribution in [-0.4, -0.2) is 16.5 Å². The molecule has 0 aliphatic rings. The van der Waals surface area contributed by atoms with Crippen LogP contribution in [0.5, 0.6) is 0 Å². The third-order valence-electron chi connectivity index (χ3n) is 2.12. The number of carbonyl (C=O) groups is 1. The minimum Gasteiger partial charge on any atom is -0.480 e. The molecule has 0 aromatic heterocycles. The van der Waals surface area contributed by atoms with Crippen molar-refractivity contribution in [3.8, 4) is 6.07 Å². The molecule has 74 valence electrons. The van der Waals surface area contributed by atoms with Gasteiger partial charge in [0.2, 0.25) is 0 Å². The zero-order chi connectivity index (χ0) is 10.5. The van der Waals surface area contributed by atoms with E-state index in [1.807, 2.05) is 6.92 Å². The molecule has 0 aliphatic carbocycles. The van der Waals surface area contributed by atoms with E-state index >= 15 is 0 Å². The maximum Gasteiger partial charge on any atom is 0.323 e. The Morgan fingerprint density at radius 3 is 2.62 bits per heavy atom. The van der Waals surface area contributed by atoms with Gasteiger partial charge >= 0.3 is 5.97 Å². The van der Waals surface area contributed by atoms with E-state index in [1.165, 1.54) is 6.92 Å². The van der Waals surface area contributed by atoms with Crippen molar-refractivity contribution in [3.05, 3.63) is 0 Å². The van der Waals surface area contributed by atoms with Crippen LogP contribution in [0.1, 0.15) is 33.1 Å². The zero-order valence-corrected chi connectivity index (χ0v) is 8.64. The highest BCUT2D eigenvalue weighted by atomic mass is 35.5. The van der Waals surface area contributed by atoms with Gasteiger partial charge in [-0.2, -0.15) is 5.26 Å². The SMILES string of the molecule is CCC(Cl)CCC(C)(C#N)C(=O)O. The number of halogens is 1. The maximum absolute atomic E-state index is 10.7. The van der Waals surface area contributed by atoms with E-state index in [2.05, 4.69) is 0 Å². The fourth-order valence-electron chi connectivity index (χ4n) is 0.860. The molecule has 13 heavy (non-hydrogen) atoms. The standard InChI is InChI=1S/C9H14ClNO2/c1-3-7(10)4-5-9(2,6-11)8(12)13/h7H,3-5H2,1-2H3,(H,12,13). The van der Waals surface area contributed by atoms with Crippen LogP contribution in [0, 0.1) is 16.7 Å². The summed E-state index contributed by atoms with van der Waals surface area (Å²) in [6, 6.07) is 1.80. The van der Waals surface area contributed by atoms with Gasteiger partial charge in [-0.3, -0.25) is 4.79 Å². The molecule has 0 amide bonds. The second kappa shape index (κ2) is 5.08. The van der Waals surface area contributed by atoms with Crippen LogP contribution >= 0.6 is 11.6 Å². The molecule has 0 aromatic rings. The van der Waals surface area contributed by atoms with Gasteiger partial charge in [0.1, 0.15) is 0 Å². The predicted molar refractivity (Wildman–Crippen MR) is 50.5 cm³/mol. The number of rotatable bonds is 5. The lowest BCUT2D eigenvalue weighted by Gasteiger charge is -2.16. The number of nitrogens with zero attached hydrogens (tertiary/aromatic N) is 1. The summed E-state index contributed by atoms with van der Waals surface area (Å²) in [6.45, 7) is 3.36. The summed E-state index contributed by atoms with van der Waals surface area (Å²) >= 11 is 5.83. The third-order valence-corrected chi connectivity index (χ3v) is 2.65. The van der Waals surface area contributed by atoms with E-state index in [1.54, 1.807) is 6.07 Å². The Labute approximate surface area is 83.3 Å². The van der Waals surface area contributed by atoms with Gasteiger partial charge in [-0.1, -0.05) is 6.92 Å². The van der Waals surface area contributed by atoms with E-state index in [0.29, 0.717) is 12.8 Å². The molecule has 0 saturated heterocycles. The lowest BCUT2D eigenvalue weighted by Crippen LogP contribution is -2.26. The van der Waals surface area contributed by atoms with E-state index in [0.717, 1.165) is 6.42 Å². The maximum atomic E-state index is 10.7. The summed E-state index contributed by atoms with van der Waals surface area (Å²) in [4.78, 5) is 10.7. The largest absolute Gasteiger partial charge is 0.480 e. The van der Waals surface area contributed by atoms with Crippen LogP contribution in [0.15, 0.2) is 0 Å². The highest BCUT2D eigenvalue weighted by Gasteiger charge is 2.33. The van der Waals surface area contributed by atoms with Gasteiger partial charge in [0.15, 0.2) is 5.41 Å². The van der Waals surface area contributed by atoms with E-state index < -0.39 is 11.4 Å². The first-order chi connectivity index (χ1) is 5.96. The number of aliphatic carboxylic acids is 1. The Hall–Kier alpha value is -0.750. The number of carboxylic acid groups (broad SMARTS) is 1. The second-order valence-corrected chi connectivity index (χ2v) is 3.91. The van der Waals surface area contributed by atoms with Gasteiger partial charge in [-0.25, -0.2) is 0 Å². The Bertz CT molecular complexity index is 224. The third kappa shape index (κ3) is 3.65. The van der Waals surface area contributed by atoms with Gasteiger partial charge in [-0.15, -0.1) is 11.6 Å². The van der Waals surface area contributed by atoms with E-state index in [4.69, 9.17) is 22.0 Å². The average Bonchev–Trinajstić information content (AvgIpc) is 2.13. The van der Waals surface area contributed by atoms with E-state index in [9.17, 15) is 4.79 Å². The summed E-state index contributed by atoms with van der Waals surface area (Å²) in [7, 11) is 0. The number of hydrogen-bond donors (Lipinski definition) is 1. The molecule has 0 heterocycles. The van der Waals surface area contributed by atoms with Crippen molar-refractivity contribution in [1.82, 2.24) is 0 Å². The van der Waals surface area contributed by atoms with Crippen LogP contribution in [0.25, 0.3) is 0 Å². The smallest absolute Gasteiger partial charge is 0.323 e. The van der Waals surface area contributed by atoms with Gasteiger partial charge in [0, 0.05) is 5.38 Å². The number of alkyl halides is 1. The van der Waals surface area contributed by atoms with Crippen LogP contribution in [0.3, 0.4) is 0 Å². The van der Waals surface area contributed by atoms with Crippen molar-refractivity contribution >= 4 is 17.6 Å². The molecule has 0 saturated carbocycles. The van der Waals surface area contributed by atoms with Crippen molar-refractivity contribution < 1.29 is 9.90 Å². The first-order valence-corrected chi connectivity index (χ1v) is 4.68. The molecule has 1 N–H and O–H groups in total. The fraction of sp³-hybridized carbons (Fsp3) is 0.778. The summed E-state index contributed by atoms with van der Waals surface area (Å²) in [5, 5.41) is 17.4. The summed E-state index contributed by atoms with van der Waals surface area (Å²) in [6.07, 6.45) is 1.66. The first kappa shape index (κ1) is 12.2. The molecule has 4 heteroatoms. The Kier molecular flexibility index (Phi) is 4.79. The molecule has 2 atom stereocenters. The second-order valence-electron chi connectivity index (χ2n) is 3.29. The summed E-state index contributed by atoms with van der Waals surface area (Å²) in [5.41, 5.74) is -1.29. The Morgan fingerprint density at radius 1 is 1.77 bits per heavy atom. The summed E-state index contributed by atoms with van der Waals surface area (Å²) < 4.78 is 0. The van der Waals surface area contributed by atoms with Crippen molar-refractivity contribution in [2.24, 2.45) is 5.41 Å². The lowest BCUT2D eigenvalue weighted by molar-refractivity contribution is -0.145. The van der Waals surface area contributed by atoms with Gasteiger partial charge < -0.3 is 5.11 Å². The van der Waals surface area contributed by atoms with Crippen molar-refractivity contribution in [3.63, 3.8) is 0 Å². The quantitative estimate of drug-likeness (QED) is 0.698. The van der Waals surface area contributed by atoms with Gasteiger partial charge in [0.05, 0.1) is 6.07 Å². The van der Waals surface area contributed by atoms with Crippen LogP contribution in [-0.2, 0) is 4.79 Å². The molecule has 0 radical (unpaired) electrons. The van der Waals surface area contributed by atoms with Crippen molar-refractivity contribution in [1.29, 1.82) is 5.26 Å². The van der Waals surface area contributed by atoms with Crippen molar-refractivity contribution in [2.45, 2.75) is 38.5 Å². The lowest BCUT2D eigenvalue weighted by atomic mass is 9.86. The fourth-order valence-corrected chi connectivity index (χ4v) is 0.969. The molecular weight excluding hydrogens is 190 g/mol. The zero-order valence-electron chi connectivity index (χ0n) is 7.88. The molecule has 0 bridgehead atoms. The predicted octanol–water partition coefficient (Wildman–Crippen LogP) is 2.40. The topological polar surface area (TPSA) is 61.1 Å². The first-order valence-electron chi connectivity index (χ1n) is 4.25. The molecule has 0 aliphatic heterocycles. The normalized spacial score (nSPS) is 17.1. The van der Waals surface area contributed by atoms with Gasteiger partial charge in [0.25, 0.3) is 0 Å². The molecule has 0 aromatic carbocycles. The summed E-state index contributed by atoms with van der Waals surface area (Å²) in [5.74, 6) is -1.07. The number of nitriles is 1. The molecular formula is C9H14ClNO2.